The Morgan fingerprint density at radius 2 is 0.880 bits per heavy atom. The van der Waals surface area contributed by atoms with Gasteiger partial charge >= 0.3 is 55.0 Å². The van der Waals surface area contributed by atoms with Gasteiger partial charge in [0.15, 0.2) is 0 Å². The Bertz CT molecular complexity index is 454. The minimum atomic E-state index is 0. The Balaban J connectivity index is -0.000000133. The van der Waals surface area contributed by atoms with Crippen LogP contribution in [0.15, 0.2) is 30.3 Å². The van der Waals surface area contributed by atoms with Crippen LogP contribution < -0.4 is 0 Å². The van der Waals surface area contributed by atoms with Gasteiger partial charge in [0.05, 0.1) is 0 Å². The second-order valence-corrected chi connectivity index (χ2v) is 5.79. The first-order valence-corrected chi connectivity index (χ1v) is 7.58. The van der Waals surface area contributed by atoms with Crippen LogP contribution in [0.1, 0.15) is 40.2 Å². The second kappa shape index (κ2) is 20.7. The van der Waals surface area contributed by atoms with Crippen LogP contribution in [0.3, 0.4) is 0 Å². The van der Waals surface area contributed by atoms with Gasteiger partial charge in [0.2, 0.25) is 0 Å². The SMILES string of the molecule is CC1C(C)C(C)C(C)C1C.[C-]#Cc1ccccc1.[C-]#[O+].[C-]#[O+].[C-]#[O+].[W+2]. The topological polar surface area (TPSA) is 59.7 Å². The van der Waals surface area contributed by atoms with Crippen LogP contribution in [0.2, 0.25) is 0 Å². The van der Waals surface area contributed by atoms with Crippen molar-refractivity contribution in [2.45, 2.75) is 34.6 Å². The van der Waals surface area contributed by atoms with Crippen LogP contribution in [0.5, 0.6) is 0 Å². The van der Waals surface area contributed by atoms with E-state index in [1.807, 2.05) is 30.3 Å². The van der Waals surface area contributed by atoms with E-state index in [-0.39, 0.29) is 21.1 Å². The van der Waals surface area contributed by atoms with Crippen LogP contribution in [0.25, 0.3) is 0 Å². The molecule has 0 bridgehead atoms. The van der Waals surface area contributed by atoms with Gasteiger partial charge in [0, 0.05) is 0 Å². The Morgan fingerprint density at radius 1 is 0.640 bits per heavy atom. The molecule has 1 aliphatic rings. The van der Waals surface area contributed by atoms with E-state index in [0.717, 1.165) is 35.2 Å². The molecule has 0 radical (unpaired) electrons. The molecule has 0 unspecified atom stereocenters. The van der Waals surface area contributed by atoms with Gasteiger partial charge in [0.1, 0.15) is 0 Å². The van der Waals surface area contributed by atoms with Gasteiger partial charge in [-0.1, -0.05) is 52.8 Å². The largest absolute Gasteiger partial charge is 2.00 e. The second-order valence-electron chi connectivity index (χ2n) is 5.79. The molecular formula is C21H25O3W+. The summed E-state index contributed by atoms with van der Waals surface area (Å²) in [4.78, 5) is 0. The predicted octanol–water partition coefficient (Wildman–Crippen LogP) is 4.69. The van der Waals surface area contributed by atoms with E-state index in [2.05, 4.69) is 60.5 Å². The van der Waals surface area contributed by atoms with E-state index in [9.17, 15) is 0 Å². The molecule has 1 aromatic rings. The molecule has 0 atom stereocenters. The summed E-state index contributed by atoms with van der Waals surface area (Å²) in [7, 11) is 0. The van der Waals surface area contributed by atoms with Crippen LogP contribution >= 0.6 is 0 Å². The van der Waals surface area contributed by atoms with E-state index < -0.39 is 0 Å². The van der Waals surface area contributed by atoms with E-state index in [1.54, 1.807) is 0 Å². The van der Waals surface area contributed by atoms with Crippen molar-refractivity contribution in [2.75, 3.05) is 0 Å². The number of hydrogen-bond donors (Lipinski definition) is 0. The normalized spacial score (nSPS) is 25.0. The summed E-state index contributed by atoms with van der Waals surface area (Å²) in [5.74, 6) is 6.95. The number of benzene rings is 1. The first-order chi connectivity index (χ1) is 11.5. The molecule has 0 N–H and O–H groups in total. The fourth-order valence-corrected chi connectivity index (χ4v) is 2.92. The van der Waals surface area contributed by atoms with Crippen LogP contribution in [0, 0.1) is 61.9 Å². The Kier molecular flexibility index (Phi) is 26.1. The van der Waals surface area contributed by atoms with Crippen molar-refractivity contribution in [3.05, 3.63) is 62.3 Å². The smallest absolute Gasteiger partial charge is 2.00 e. The molecule has 1 aromatic carbocycles. The third-order valence-corrected chi connectivity index (χ3v) is 5.06. The van der Waals surface area contributed by atoms with Gasteiger partial charge in [-0.3, -0.25) is 5.92 Å². The number of rotatable bonds is 0. The van der Waals surface area contributed by atoms with Crippen LogP contribution in [-0.2, 0) is 35.0 Å². The molecule has 1 saturated carbocycles. The van der Waals surface area contributed by atoms with Gasteiger partial charge in [-0.25, -0.2) is 0 Å². The molecule has 1 aliphatic carbocycles. The molecule has 0 amide bonds. The predicted molar refractivity (Wildman–Crippen MR) is 90.3 cm³/mol. The van der Waals surface area contributed by atoms with Gasteiger partial charge in [-0.15, -0.1) is 17.7 Å². The molecule has 0 spiro atoms. The maximum Gasteiger partial charge on any atom is 2.00 e. The van der Waals surface area contributed by atoms with Gasteiger partial charge in [-0.05, 0) is 29.6 Å². The molecule has 0 saturated heterocycles. The van der Waals surface area contributed by atoms with E-state index >= 15 is 0 Å². The molecule has 25 heavy (non-hydrogen) atoms. The van der Waals surface area contributed by atoms with Crippen molar-refractivity contribution < 1.29 is 35.0 Å². The summed E-state index contributed by atoms with van der Waals surface area (Å²) in [5.41, 5.74) is 0.826. The average Bonchev–Trinajstić information content (AvgIpc) is 2.85. The maximum atomic E-state index is 7.50. The summed E-state index contributed by atoms with van der Waals surface area (Å²) in [6.07, 6.45) is 6.69. The summed E-state index contributed by atoms with van der Waals surface area (Å²) < 4.78 is 22.5. The van der Waals surface area contributed by atoms with Crippen molar-refractivity contribution in [1.82, 2.24) is 0 Å². The van der Waals surface area contributed by atoms with Gasteiger partial charge in [0.25, 0.3) is 0 Å². The summed E-state index contributed by atoms with van der Waals surface area (Å²) in [6.45, 7) is 25.5. The fraction of sp³-hybridized carbons (Fsp3) is 0.476. The molecule has 0 aromatic heterocycles. The zero-order valence-electron chi connectivity index (χ0n) is 15.4. The average molecular weight is 509 g/mol. The zero-order chi connectivity index (χ0) is 19.7. The van der Waals surface area contributed by atoms with E-state index in [4.69, 9.17) is 20.4 Å². The molecule has 132 valence electrons. The molecule has 4 heteroatoms. The molecular weight excluding hydrogens is 484 g/mol. The van der Waals surface area contributed by atoms with E-state index in [0.29, 0.717) is 0 Å². The van der Waals surface area contributed by atoms with Crippen molar-refractivity contribution >= 4 is 0 Å². The monoisotopic (exact) mass is 509 g/mol. The van der Waals surface area contributed by atoms with Gasteiger partial charge < -0.3 is 6.42 Å². The fourth-order valence-electron chi connectivity index (χ4n) is 2.92. The summed E-state index contributed by atoms with van der Waals surface area (Å²) in [6, 6.07) is 9.37. The van der Waals surface area contributed by atoms with Crippen molar-refractivity contribution in [1.29, 1.82) is 0 Å². The molecule has 3 nitrogen and oxygen atoms in total. The summed E-state index contributed by atoms with van der Waals surface area (Å²) in [5, 5.41) is 0. The maximum absolute atomic E-state index is 7.50. The summed E-state index contributed by atoms with van der Waals surface area (Å²) >= 11 is 0. The number of hydrogen-bond acceptors (Lipinski definition) is 0. The zero-order valence-corrected chi connectivity index (χ0v) is 18.3. The molecule has 0 heterocycles. The van der Waals surface area contributed by atoms with E-state index in [1.165, 1.54) is 0 Å². The van der Waals surface area contributed by atoms with Crippen LogP contribution in [0.4, 0.5) is 0 Å². The molecule has 2 rings (SSSR count). The minimum Gasteiger partial charge on any atom is 2.00 e. The minimum absolute atomic E-state index is 0. The Labute approximate surface area is 167 Å². The molecule has 1 fully saturated rings. The van der Waals surface area contributed by atoms with Crippen molar-refractivity contribution in [3.8, 4) is 5.92 Å². The standard InChI is InChI=1S/C10H20.C8H5.3CO.W/c1-6-7(2)9(4)10(5)8(6)3;1-2-8-6-4-3-5-7-8;3*1-2;/h6-10H,1-5H3;3-7H;;;;/q;-1;;;;+2. The van der Waals surface area contributed by atoms with Crippen molar-refractivity contribution in [2.24, 2.45) is 29.6 Å². The quantitative estimate of drug-likeness (QED) is 0.277. The first-order valence-electron chi connectivity index (χ1n) is 7.58. The molecule has 0 aliphatic heterocycles. The van der Waals surface area contributed by atoms with Crippen molar-refractivity contribution in [3.63, 3.8) is 0 Å². The van der Waals surface area contributed by atoms with Gasteiger partial charge in [-0.2, -0.15) is 0 Å². The van der Waals surface area contributed by atoms with Crippen LogP contribution in [-0.4, -0.2) is 0 Å². The first kappa shape index (κ1) is 31.5. The third-order valence-electron chi connectivity index (χ3n) is 5.06. The third kappa shape index (κ3) is 11.8. The Hall–Kier alpha value is -1.31. The Morgan fingerprint density at radius 3 is 1.04 bits per heavy atom.